The number of ether oxygens (including phenoxy) is 1. The average molecular weight is 250 g/mol. The zero-order chi connectivity index (χ0) is 12.8. The minimum atomic E-state index is -0.705. The first-order valence-electron chi connectivity index (χ1n) is 6.47. The van der Waals surface area contributed by atoms with Crippen molar-refractivity contribution in [2.75, 3.05) is 0 Å². The maximum atomic E-state index is 11.7. The van der Waals surface area contributed by atoms with E-state index in [0.29, 0.717) is 19.3 Å². The van der Waals surface area contributed by atoms with Crippen LogP contribution in [0.5, 0.6) is 0 Å². The molecule has 0 aromatic carbocycles. The number of aromatic nitrogens is 2. The van der Waals surface area contributed by atoms with Crippen LogP contribution < -0.4 is 0 Å². The molecule has 5 nitrogen and oxygen atoms in total. The normalized spacial score (nSPS) is 34.1. The molecule has 0 amide bonds. The number of hydrogen-bond acceptors (Lipinski definition) is 3. The number of imidazole rings is 1. The van der Waals surface area contributed by atoms with Crippen molar-refractivity contribution in [2.24, 2.45) is 12.5 Å². The maximum Gasteiger partial charge on any atom is 0.312 e. The topological polar surface area (TPSA) is 64.4 Å². The molecule has 0 spiro atoms. The Balaban J connectivity index is 1.76. The quantitative estimate of drug-likeness (QED) is 0.876. The van der Waals surface area contributed by atoms with Gasteiger partial charge in [-0.2, -0.15) is 0 Å². The molecule has 3 unspecified atom stereocenters. The molecule has 0 aliphatic carbocycles. The first-order valence-corrected chi connectivity index (χ1v) is 6.47. The third kappa shape index (κ3) is 1.65. The fourth-order valence-corrected chi connectivity index (χ4v) is 3.37. The van der Waals surface area contributed by atoms with Crippen LogP contribution in [-0.2, 0) is 23.0 Å². The molecule has 3 heterocycles. The number of rotatable bonds is 4. The number of hydrogen-bond donors (Lipinski definition) is 1. The number of aryl methyl sites for hydroxylation is 2. The average Bonchev–Trinajstić information content (AvgIpc) is 3.01. The first kappa shape index (κ1) is 11.7. The minimum Gasteiger partial charge on any atom is -0.481 e. The fourth-order valence-electron chi connectivity index (χ4n) is 3.37. The second-order valence-electron chi connectivity index (χ2n) is 5.44. The molecule has 3 atom stereocenters. The summed E-state index contributed by atoms with van der Waals surface area (Å²) in [5, 5.41) is 9.58. The Morgan fingerprint density at radius 3 is 3.00 bits per heavy atom. The second kappa shape index (κ2) is 4.09. The second-order valence-corrected chi connectivity index (χ2v) is 5.44. The van der Waals surface area contributed by atoms with E-state index in [0.717, 1.165) is 18.7 Å². The Bertz CT molecular complexity index is 471. The Morgan fingerprint density at radius 1 is 1.67 bits per heavy atom. The number of nitrogens with zero attached hydrogens (tertiary/aromatic N) is 2. The predicted octanol–water partition coefficient (Wildman–Crippen LogP) is 1.37. The predicted molar refractivity (Wildman–Crippen MR) is 64.1 cm³/mol. The van der Waals surface area contributed by atoms with Crippen molar-refractivity contribution in [3.8, 4) is 0 Å². The van der Waals surface area contributed by atoms with Gasteiger partial charge in [0.1, 0.15) is 5.82 Å². The third-order valence-corrected chi connectivity index (χ3v) is 4.46. The largest absolute Gasteiger partial charge is 0.481 e. The lowest BCUT2D eigenvalue weighted by Gasteiger charge is -2.30. The number of fused-ring (bicyclic) bond motifs is 2. The van der Waals surface area contributed by atoms with Crippen LogP contribution in [0.25, 0.3) is 0 Å². The number of carbonyl (C=O) groups is 1. The smallest absolute Gasteiger partial charge is 0.312 e. The van der Waals surface area contributed by atoms with E-state index in [1.54, 1.807) is 6.20 Å². The van der Waals surface area contributed by atoms with E-state index in [1.807, 2.05) is 17.8 Å². The van der Waals surface area contributed by atoms with Gasteiger partial charge < -0.3 is 14.4 Å². The third-order valence-electron chi connectivity index (χ3n) is 4.46. The van der Waals surface area contributed by atoms with E-state index in [1.165, 1.54) is 0 Å². The SMILES string of the molecule is Cn1ccnc1CCC1(C(=O)O)CC2CCC1O2. The van der Waals surface area contributed by atoms with Gasteiger partial charge in [0.15, 0.2) is 0 Å². The highest BCUT2D eigenvalue weighted by atomic mass is 16.5. The zero-order valence-corrected chi connectivity index (χ0v) is 10.5. The van der Waals surface area contributed by atoms with Gasteiger partial charge in [-0.3, -0.25) is 4.79 Å². The lowest BCUT2D eigenvalue weighted by Crippen LogP contribution is -2.40. The van der Waals surface area contributed by atoms with Crippen LogP contribution >= 0.6 is 0 Å². The summed E-state index contributed by atoms with van der Waals surface area (Å²) >= 11 is 0. The molecule has 1 aromatic rings. The van der Waals surface area contributed by atoms with Crippen molar-refractivity contribution in [1.29, 1.82) is 0 Å². The van der Waals surface area contributed by atoms with Crippen molar-refractivity contribution in [3.05, 3.63) is 18.2 Å². The van der Waals surface area contributed by atoms with Crippen molar-refractivity contribution in [1.82, 2.24) is 9.55 Å². The van der Waals surface area contributed by atoms with Crippen LogP contribution in [-0.4, -0.2) is 32.8 Å². The van der Waals surface area contributed by atoms with Gasteiger partial charge in [-0.25, -0.2) is 4.98 Å². The molecule has 5 heteroatoms. The van der Waals surface area contributed by atoms with Crippen LogP contribution in [0.4, 0.5) is 0 Å². The summed E-state index contributed by atoms with van der Waals surface area (Å²) in [4.78, 5) is 15.9. The Labute approximate surface area is 106 Å². The van der Waals surface area contributed by atoms with E-state index in [4.69, 9.17) is 4.74 Å². The van der Waals surface area contributed by atoms with E-state index in [-0.39, 0.29) is 12.2 Å². The highest BCUT2D eigenvalue weighted by Gasteiger charge is 2.56. The molecular formula is C13H18N2O3. The summed E-state index contributed by atoms with van der Waals surface area (Å²) in [5.74, 6) is 0.238. The minimum absolute atomic E-state index is 0.0970. The molecule has 2 aliphatic heterocycles. The van der Waals surface area contributed by atoms with Gasteiger partial charge in [-0.05, 0) is 25.7 Å². The molecule has 1 aromatic heterocycles. The molecule has 98 valence electrons. The van der Waals surface area contributed by atoms with Crippen molar-refractivity contribution in [2.45, 2.75) is 44.3 Å². The summed E-state index contributed by atoms with van der Waals surface area (Å²) in [5.41, 5.74) is -0.686. The molecule has 3 rings (SSSR count). The van der Waals surface area contributed by atoms with Crippen LogP contribution in [0.2, 0.25) is 0 Å². The van der Waals surface area contributed by atoms with Gasteiger partial charge >= 0.3 is 5.97 Å². The van der Waals surface area contributed by atoms with Crippen LogP contribution in [0, 0.1) is 5.41 Å². The summed E-state index contributed by atoms with van der Waals surface area (Å²) in [6.45, 7) is 0. The van der Waals surface area contributed by atoms with Crippen molar-refractivity contribution in [3.63, 3.8) is 0 Å². The van der Waals surface area contributed by atoms with Gasteiger partial charge in [0.05, 0.1) is 17.6 Å². The summed E-state index contributed by atoms with van der Waals surface area (Å²) in [6.07, 6.45) is 7.58. The Hall–Kier alpha value is -1.36. The van der Waals surface area contributed by atoms with Crippen molar-refractivity contribution >= 4 is 5.97 Å². The van der Waals surface area contributed by atoms with Crippen molar-refractivity contribution < 1.29 is 14.6 Å². The van der Waals surface area contributed by atoms with Gasteiger partial charge in [0, 0.05) is 25.9 Å². The maximum absolute atomic E-state index is 11.7. The summed E-state index contributed by atoms with van der Waals surface area (Å²) in [6, 6.07) is 0. The highest BCUT2D eigenvalue weighted by Crippen LogP contribution is 2.50. The van der Waals surface area contributed by atoms with Gasteiger partial charge in [-0.1, -0.05) is 0 Å². The van der Waals surface area contributed by atoms with Gasteiger partial charge in [-0.15, -0.1) is 0 Å². The van der Waals surface area contributed by atoms with E-state index < -0.39 is 11.4 Å². The standard InChI is InChI=1S/C13H18N2O3/c1-15-7-6-14-11(15)4-5-13(12(16)17)8-9-2-3-10(13)18-9/h6-7,9-10H,2-5,8H2,1H3,(H,16,17). The Morgan fingerprint density at radius 2 is 2.50 bits per heavy atom. The first-order chi connectivity index (χ1) is 8.62. The van der Waals surface area contributed by atoms with Gasteiger partial charge in [0.25, 0.3) is 0 Å². The lowest BCUT2D eigenvalue weighted by molar-refractivity contribution is -0.152. The summed E-state index contributed by atoms with van der Waals surface area (Å²) in [7, 11) is 1.94. The lowest BCUT2D eigenvalue weighted by atomic mass is 9.71. The monoisotopic (exact) mass is 250 g/mol. The molecule has 1 N–H and O–H groups in total. The van der Waals surface area contributed by atoms with E-state index in [9.17, 15) is 9.90 Å². The molecule has 0 radical (unpaired) electrons. The van der Waals surface area contributed by atoms with E-state index >= 15 is 0 Å². The number of carboxylic acid groups (broad SMARTS) is 1. The summed E-state index contributed by atoms with van der Waals surface area (Å²) < 4.78 is 7.69. The number of aliphatic carboxylic acids is 1. The molecule has 2 saturated heterocycles. The molecule has 0 saturated carbocycles. The molecular weight excluding hydrogens is 232 g/mol. The fraction of sp³-hybridized carbons (Fsp3) is 0.692. The molecule has 2 aliphatic rings. The van der Waals surface area contributed by atoms with E-state index in [2.05, 4.69) is 4.98 Å². The van der Waals surface area contributed by atoms with Crippen LogP contribution in [0.1, 0.15) is 31.5 Å². The van der Waals surface area contributed by atoms with Crippen LogP contribution in [0.15, 0.2) is 12.4 Å². The molecule has 18 heavy (non-hydrogen) atoms. The van der Waals surface area contributed by atoms with Gasteiger partial charge in [0.2, 0.25) is 0 Å². The van der Waals surface area contributed by atoms with Crippen LogP contribution in [0.3, 0.4) is 0 Å². The number of carboxylic acids is 1. The zero-order valence-electron chi connectivity index (χ0n) is 10.5. The Kier molecular flexibility index (Phi) is 2.66. The highest BCUT2D eigenvalue weighted by molar-refractivity contribution is 5.76. The molecule has 2 bridgehead atoms. The molecule has 2 fully saturated rings.